The summed E-state index contributed by atoms with van der Waals surface area (Å²) in [6.07, 6.45) is 1.99. The molecule has 0 aliphatic carbocycles. The van der Waals surface area contributed by atoms with Gasteiger partial charge in [0.25, 0.3) is 5.69 Å². The highest BCUT2D eigenvalue weighted by atomic mass is 35.5. The summed E-state index contributed by atoms with van der Waals surface area (Å²) in [7, 11) is 0. The summed E-state index contributed by atoms with van der Waals surface area (Å²) in [6.45, 7) is 2.01. The minimum atomic E-state index is -0.468. The second-order valence-electron chi connectivity index (χ2n) is 4.50. The van der Waals surface area contributed by atoms with Crippen LogP contribution in [0.15, 0.2) is 42.6 Å². The van der Waals surface area contributed by atoms with E-state index in [2.05, 4.69) is 10.3 Å². The molecule has 1 atom stereocenters. The molecule has 0 bridgehead atoms. The summed E-state index contributed by atoms with van der Waals surface area (Å²) in [4.78, 5) is 14.1. The van der Waals surface area contributed by atoms with E-state index in [0.717, 1.165) is 17.0 Å². The van der Waals surface area contributed by atoms with Gasteiger partial charge in [-0.15, -0.1) is 0 Å². The summed E-state index contributed by atoms with van der Waals surface area (Å²) in [5.74, 6) is 0.607. The van der Waals surface area contributed by atoms with Gasteiger partial charge < -0.3 is 5.32 Å². The van der Waals surface area contributed by atoms with Crippen LogP contribution in [0.5, 0.6) is 0 Å². The molecule has 6 heteroatoms. The lowest BCUT2D eigenvalue weighted by molar-refractivity contribution is -0.385. The van der Waals surface area contributed by atoms with Gasteiger partial charge in [0.15, 0.2) is 0 Å². The number of benzene rings is 1. The maximum atomic E-state index is 10.5. The molecule has 0 amide bonds. The average molecular weight is 292 g/mol. The third-order valence-electron chi connectivity index (χ3n) is 2.84. The minimum absolute atomic E-state index is 0.0192. The van der Waals surface area contributed by atoms with E-state index in [-0.39, 0.29) is 11.7 Å². The molecule has 2 aromatic rings. The average Bonchev–Trinajstić information content (AvgIpc) is 2.42. The van der Waals surface area contributed by atoms with Gasteiger partial charge in [-0.2, -0.15) is 0 Å². The van der Waals surface area contributed by atoms with Crippen LogP contribution >= 0.6 is 11.6 Å². The fourth-order valence-electron chi connectivity index (χ4n) is 1.88. The second-order valence-corrected chi connectivity index (χ2v) is 4.91. The van der Waals surface area contributed by atoms with Gasteiger partial charge in [-0.1, -0.05) is 29.8 Å². The molecule has 0 spiro atoms. The summed E-state index contributed by atoms with van der Waals surface area (Å²) in [5, 5.41) is 14.5. The number of aromatic nitrogens is 1. The Kier molecular flexibility index (Phi) is 4.53. The van der Waals surface area contributed by atoms with E-state index in [1.54, 1.807) is 6.07 Å². The maximum Gasteiger partial charge on any atom is 0.287 e. The smallest absolute Gasteiger partial charge is 0.287 e. The Bertz CT molecular complexity index is 602. The van der Waals surface area contributed by atoms with Crippen molar-refractivity contribution in [2.24, 2.45) is 0 Å². The number of hydrogen-bond acceptors (Lipinski definition) is 4. The lowest BCUT2D eigenvalue weighted by Gasteiger charge is -2.15. The van der Waals surface area contributed by atoms with Crippen LogP contribution in [-0.4, -0.2) is 15.9 Å². The maximum absolute atomic E-state index is 10.5. The van der Waals surface area contributed by atoms with Crippen molar-refractivity contribution in [2.45, 2.75) is 19.4 Å². The van der Waals surface area contributed by atoms with Crippen LogP contribution in [0.1, 0.15) is 12.5 Å². The zero-order valence-corrected chi connectivity index (χ0v) is 11.7. The van der Waals surface area contributed by atoms with Crippen molar-refractivity contribution in [3.8, 4) is 0 Å². The number of nitrogens with one attached hydrogen (secondary N) is 1. The van der Waals surface area contributed by atoms with Gasteiger partial charge >= 0.3 is 0 Å². The van der Waals surface area contributed by atoms with E-state index in [0.29, 0.717) is 5.82 Å². The highest BCUT2D eigenvalue weighted by molar-refractivity contribution is 6.31. The first-order valence-corrected chi connectivity index (χ1v) is 6.54. The van der Waals surface area contributed by atoms with Crippen molar-refractivity contribution in [1.29, 1.82) is 0 Å². The number of nitro groups is 1. The van der Waals surface area contributed by atoms with Gasteiger partial charge in [0.1, 0.15) is 12.0 Å². The molecule has 1 aromatic carbocycles. The SMILES string of the molecule is C[C@H](Cc1ccccc1Cl)Nc1ccc([N+](=O)[O-])cn1. The Morgan fingerprint density at radius 1 is 1.35 bits per heavy atom. The molecule has 0 unspecified atom stereocenters. The van der Waals surface area contributed by atoms with Gasteiger partial charge in [-0.05, 0) is 31.0 Å². The predicted octanol–water partition coefficient (Wildman–Crippen LogP) is 3.69. The van der Waals surface area contributed by atoms with Crippen molar-refractivity contribution in [2.75, 3.05) is 5.32 Å². The van der Waals surface area contributed by atoms with Crippen LogP contribution in [0, 0.1) is 10.1 Å². The van der Waals surface area contributed by atoms with E-state index >= 15 is 0 Å². The van der Waals surface area contributed by atoms with E-state index in [1.165, 1.54) is 12.3 Å². The Hall–Kier alpha value is -2.14. The number of pyridine rings is 1. The van der Waals surface area contributed by atoms with E-state index < -0.39 is 4.92 Å². The molecule has 104 valence electrons. The molecule has 0 saturated heterocycles. The van der Waals surface area contributed by atoms with Crippen molar-refractivity contribution in [3.63, 3.8) is 0 Å². The quantitative estimate of drug-likeness (QED) is 0.674. The Balaban J connectivity index is 1.99. The van der Waals surface area contributed by atoms with Gasteiger partial charge in [-0.25, -0.2) is 4.98 Å². The fourth-order valence-corrected chi connectivity index (χ4v) is 2.09. The van der Waals surface area contributed by atoms with E-state index in [1.807, 2.05) is 31.2 Å². The van der Waals surface area contributed by atoms with Crippen molar-refractivity contribution >= 4 is 23.1 Å². The Labute approximate surface area is 121 Å². The van der Waals surface area contributed by atoms with E-state index in [9.17, 15) is 10.1 Å². The second kappa shape index (κ2) is 6.34. The molecule has 0 aliphatic rings. The third-order valence-corrected chi connectivity index (χ3v) is 3.21. The fraction of sp³-hybridized carbons (Fsp3) is 0.214. The Morgan fingerprint density at radius 3 is 2.70 bits per heavy atom. The summed E-state index contributed by atoms with van der Waals surface area (Å²) < 4.78 is 0. The van der Waals surface area contributed by atoms with Crippen molar-refractivity contribution < 1.29 is 4.92 Å². The molecule has 0 radical (unpaired) electrons. The molecule has 20 heavy (non-hydrogen) atoms. The zero-order valence-electron chi connectivity index (χ0n) is 10.9. The van der Waals surface area contributed by atoms with E-state index in [4.69, 9.17) is 11.6 Å². The molecule has 1 aromatic heterocycles. The first kappa shape index (κ1) is 14.3. The van der Waals surface area contributed by atoms with Crippen LogP contribution in [-0.2, 0) is 6.42 Å². The number of hydrogen-bond donors (Lipinski definition) is 1. The normalized spacial score (nSPS) is 11.9. The molecule has 0 aliphatic heterocycles. The van der Waals surface area contributed by atoms with Crippen molar-refractivity contribution in [3.05, 3.63) is 63.3 Å². The zero-order chi connectivity index (χ0) is 14.5. The molecule has 2 rings (SSSR count). The molecule has 5 nitrogen and oxygen atoms in total. The van der Waals surface area contributed by atoms with Gasteiger partial charge in [-0.3, -0.25) is 10.1 Å². The number of rotatable bonds is 5. The first-order chi connectivity index (χ1) is 9.56. The lowest BCUT2D eigenvalue weighted by atomic mass is 10.1. The molecule has 0 saturated carbocycles. The minimum Gasteiger partial charge on any atom is -0.367 e. The monoisotopic (exact) mass is 291 g/mol. The lowest BCUT2D eigenvalue weighted by Crippen LogP contribution is -2.19. The molecular formula is C14H14ClN3O2. The number of anilines is 1. The summed E-state index contributed by atoms with van der Waals surface area (Å²) in [5.41, 5.74) is 1.03. The largest absolute Gasteiger partial charge is 0.367 e. The van der Waals surface area contributed by atoms with Crippen LogP contribution in [0.4, 0.5) is 11.5 Å². The van der Waals surface area contributed by atoms with Crippen LogP contribution in [0.25, 0.3) is 0 Å². The topological polar surface area (TPSA) is 68.1 Å². The van der Waals surface area contributed by atoms with Crippen LogP contribution in [0.2, 0.25) is 5.02 Å². The first-order valence-electron chi connectivity index (χ1n) is 6.16. The predicted molar refractivity (Wildman–Crippen MR) is 79.1 cm³/mol. The molecule has 1 heterocycles. The highest BCUT2D eigenvalue weighted by Crippen LogP contribution is 2.18. The standard InChI is InChI=1S/C14H14ClN3O2/c1-10(8-11-4-2-3-5-13(11)15)17-14-7-6-12(9-16-14)18(19)20/h2-7,9-10H,8H2,1H3,(H,16,17)/t10-/m1/s1. The van der Waals surface area contributed by atoms with Crippen LogP contribution < -0.4 is 5.32 Å². The molecule has 0 fully saturated rings. The molecular weight excluding hydrogens is 278 g/mol. The van der Waals surface area contributed by atoms with Gasteiger partial charge in [0.2, 0.25) is 0 Å². The van der Waals surface area contributed by atoms with Crippen LogP contribution in [0.3, 0.4) is 0 Å². The summed E-state index contributed by atoms with van der Waals surface area (Å²) in [6, 6.07) is 10.8. The molecule has 1 N–H and O–H groups in total. The third kappa shape index (κ3) is 3.68. The van der Waals surface area contributed by atoms with Gasteiger partial charge in [0.05, 0.1) is 4.92 Å². The van der Waals surface area contributed by atoms with Crippen molar-refractivity contribution in [1.82, 2.24) is 4.98 Å². The number of nitrogens with zero attached hydrogens (tertiary/aromatic N) is 2. The number of halogens is 1. The Morgan fingerprint density at radius 2 is 2.10 bits per heavy atom. The van der Waals surface area contributed by atoms with Gasteiger partial charge in [0, 0.05) is 17.1 Å². The highest BCUT2D eigenvalue weighted by Gasteiger charge is 2.09. The summed E-state index contributed by atoms with van der Waals surface area (Å²) >= 11 is 6.11.